The largest absolute Gasteiger partial charge is 0.492 e. The van der Waals surface area contributed by atoms with Gasteiger partial charge in [-0.15, -0.1) is 0 Å². The van der Waals surface area contributed by atoms with Crippen molar-refractivity contribution in [3.05, 3.63) is 42.2 Å². The second kappa shape index (κ2) is 9.72. The number of carbonyl (C=O) groups is 2. The summed E-state index contributed by atoms with van der Waals surface area (Å²) in [6.07, 6.45) is 2.70. The molecule has 9 heteroatoms. The van der Waals surface area contributed by atoms with Crippen molar-refractivity contribution in [2.24, 2.45) is 0 Å². The number of anilines is 2. The lowest BCUT2D eigenvalue weighted by atomic mass is 10.2. The summed E-state index contributed by atoms with van der Waals surface area (Å²) in [7, 11) is 0. The van der Waals surface area contributed by atoms with E-state index in [1.54, 1.807) is 24.0 Å². The number of hydrogen-bond donors (Lipinski definition) is 1. The Morgan fingerprint density at radius 3 is 2.38 bits per heavy atom. The molecule has 3 rings (SSSR count). The molecule has 0 unspecified atom stereocenters. The summed E-state index contributed by atoms with van der Waals surface area (Å²) in [5.41, 5.74) is 0.948. The number of nitrogens with one attached hydrogen (secondary N) is 1. The second-order valence-corrected chi connectivity index (χ2v) is 6.33. The van der Waals surface area contributed by atoms with E-state index in [2.05, 4.69) is 15.3 Å². The molecular formula is C20H25N5O4. The first-order chi connectivity index (χ1) is 14.1. The molecule has 2 aromatic rings. The molecule has 154 valence electrons. The number of ether oxygens (including phenoxy) is 2. The molecule has 2 heterocycles. The first kappa shape index (κ1) is 20.4. The number of aromatic nitrogens is 2. The van der Waals surface area contributed by atoms with E-state index in [0.29, 0.717) is 62.3 Å². The lowest BCUT2D eigenvalue weighted by Crippen LogP contribution is -2.49. The molecule has 1 aliphatic rings. The summed E-state index contributed by atoms with van der Waals surface area (Å²) >= 11 is 0. The van der Waals surface area contributed by atoms with E-state index in [-0.39, 0.29) is 12.0 Å². The molecule has 0 atom stereocenters. The summed E-state index contributed by atoms with van der Waals surface area (Å²) in [4.78, 5) is 36.6. The number of piperazine rings is 1. The van der Waals surface area contributed by atoms with Crippen molar-refractivity contribution in [3.63, 3.8) is 0 Å². The van der Waals surface area contributed by atoms with E-state index < -0.39 is 0 Å². The highest BCUT2D eigenvalue weighted by molar-refractivity contribution is 6.04. The Morgan fingerprint density at radius 2 is 1.72 bits per heavy atom. The third-order valence-corrected chi connectivity index (χ3v) is 4.42. The zero-order chi connectivity index (χ0) is 20.6. The third kappa shape index (κ3) is 5.13. The van der Waals surface area contributed by atoms with Crippen molar-refractivity contribution in [2.45, 2.75) is 13.8 Å². The minimum Gasteiger partial charge on any atom is -0.492 e. The Hall–Kier alpha value is -3.36. The van der Waals surface area contributed by atoms with Gasteiger partial charge in [0.1, 0.15) is 5.75 Å². The first-order valence-electron chi connectivity index (χ1n) is 9.64. The minimum atomic E-state index is -0.309. The Balaban J connectivity index is 1.59. The van der Waals surface area contributed by atoms with Gasteiger partial charge in [0.2, 0.25) is 5.95 Å². The predicted octanol–water partition coefficient (Wildman–Crippen LogP) is 2.41. The molecule has 1 aliphatic heterocycles. The highest BCUT2D eigenvalue weighted by Gasteiger charge is 2.23. The summed E-state index contributed by atoms with van der Waals surface area (Å²) in [5.74, 6) is 0.830. The van der Waals surface area contributed by atoms with Crippen molar-refractivity contribution in [3.8, 4) is 5.75 Å². The van der Waals surface area contributed by atoms with Gasteiger partial charge in [0, 0.05) is 38.6 Å². The second-order valence-electron chi connectivity index (χ2n) is 6.33. The highest BCUT2D eigenvalue weighted by atomic mass is 16.6. The molecule has 29 heavy (non-hydrogen) atoms. The topological polar surface area (TPSA) is 96.9 Å². The lowest BCUT2D eigenvalue weighted by Gasteiger charge is -2.33. The van der Waals surface area contributed by atoms with E-state index in [1.165, 1.54) is 12.4 Å². The number of carbonyl (C=O) groups excluding carboxylic acids is 2. The number of benzene rings is 1. The molecule has 0 bridgehead atoms. The Kier molecular flexibility index (Phi) is 6.83. The summed E-state index contributed by atoms with van der Waals surface area (Å²) in [6, 6.07) is 7.25. The van der Waals surface area contributed by atoms with Crippen LogP contribution in [-0.4, -0.2) is 66.3 Å². The van der Waals surface area contributed by atoms with Crippen molar-refractivity contribution in [1.29, 1.82) is 0 Å². The van der Waals surface area contributed by atoms with E-state index in [4.69, 9.17) is 9.47 Å². The maximum atomic E-state index is 12.5. The van der Waals surface area contributed by atoms with Crippen LogP contribution in [0.25, 0.3) is 0 Å². The number of para-hydroxylation sites is 2. The molecule has 0 radical (unpaired) electrons. The molecule has 1 aromatic heterocycles. The van der Waals surface area contributed by atoms with E-state index in [9.17, 15) is 9.59 Å². The van der Waals surface area contributed by atoms with Crippen LogP contribution >= 0.6 is 0 Å². The molecule has 1 aromatic carbocycles. The van der Waals surface area contributed by atoms with Crippen LogP contribution in [0.15, 0.2) is 36.7 Å². The Labute approximate surface area is 169 Å². The van der Waals surface area contributed by atoms with E-state index in [1.807, 2.05) is 24.0 Å². The maximum Gasteiger partial charge on any atom is 0.409 e. The van der Waals surface area contributed by atoms with Crippen LogP contribution in [0, 0.1) is 0 Å². The van der Waals surface area contributed by atoms with Crippen LogP contribution in [0.4, 0.5) is 16.4 Å². The molecule has 0 aliphatic carbocycles. The fourth-order valence-corrected chi connectivity index (χ4v) is 2.95. The Morgan fingerprint density at radius 1 is 1.03 bits per heavy atom. The van der Waals surface area contributed by atoms with E-state index in [0.717, 1.165) is 0 Å². The van der Waals surface area contributed by atoms with Gasteiger partial charge in [0.15, 0.2) is 0 Å². The van der Waals surface area contributed by atoms with Crippen LogP contribution in [0.2, 0.25) is 0 Å². The summed E-state index contributed by atoms with van der Waals surface area (Å²) in [5, 5.41) is 2.83. The molecule has 0 spiro atoms. The van der Waals surface area contributed by atoms with Crippen LogP contribution in [0.3, 0.4) is 0 Å². The summed E-state index contributed by atoms with van der Waals surface area (Å²) < 4.78 is 10.5. The zero-order valence-corrected chi connectivity index (χ0v) is 16.6. The van der Waals surface area contributed by atoms with Crippen LogP contribution in [0.1, 0.15) is 24.2 Å². The van der Waals surface area contributed by atoms with Gasteiger partial charge in [-0.2, -0.15) is 0 Å². The molecule has 1 saturated heterocycles. The number of amides is 2. The molecule has 1 N–H and O–H groups in total. The quantitative estimate of drug-likeness (QED) is 0.797. The highest BCUT2D eigenvalue weighted by Crippen LogP contribution is 2.24. The fourth-order valence-electron chi connectivity index (χ4n) is 2.95. The smallest absolute Gasteiger partial charge is 0.409 e. The maximum absolute atomic E-state index is 12.5. The summed E-state index contributed by atoms with van der Waals surface area (Å²) in [6.45, 7) is 6.83. The average molecular weight is 399 g/mol. The van der Waals surface area contributed by atoms with Gasteiger partial charge in [0.25, 0.3) is 5.91 Å². The standard InChI is InChI=1S/C20H25N5O4/c1-3-28-17-8-6-5-7-16(17)23-18(26)15-13-21-19(22-14-15)24-9-11-25(12-10-24)20(27)29-4-2/h5-8,13-14H,3-4,9-12H2,1-2H3,(H,23,26). The van der Waals surface area contributed by atoms with Crippen molar-refractivity contribution < 1.29 is 19.1 Å². The molecule has 0 saturated carbocycles. The van der Waals surface area contributed by atoms with Gasteiger partial charge >= 0.3 is 6.09 Å². The van der Waals surface area contributed by atoms with Gasteiger partial charge < -0.3 is 24.6 Å². The monoisotopic (exact) mass is 399 g/mol. The van der Waals surface area contributed by atoms with Crippen LogP contribution < -0.4 is 15.0 Å². The van der Waals surface area contributed by atoms with Gasteiger partial charge in [-0.3, -0.25) is 4.79 Å². The minimum absolute atomic E-state index is 0.299. The molecule has 2 amide bonds. The third-order valence-electron chi connectivity index (χ3n) is 4.42. The van der Waals surface area contributed by atoms with Crippen LogP contribution in [0.5, 0.6) is 5.75 Å². The predicted molar refractivity (Wildman–Crippen MR) is 108 cm³/mol. The average Bonchev–Trinajstić information content (AvgIpc) is 2.76. The number of hydrogen-bond acceptors (Lipinski definition) is 7. The first-order valence-corrected chi connectivity index (χ1v) is 9.64. The normalized spacial score (nSPS) is 13.7. The van der Waals surface area contributed by atoms with Crippen molar-refractivity contribution >= 4 is 23.6 Å². The number of rotatable bonds is 6. The van der Waals surface area contributed by atoms with Gasteiger partial charge in [-0.25, -0.2) is 14.8 Å². The van der Waals surface area contributed by atoms with Gasteiger partial charge in [0.05, 0.1) is 24.5 Å². The van der Waals surface area contributed by atoms with Crippen LogP contribution in [-0.2, 0) is 4.74 Å². The zero-order valence-electron chi connectivity index (χ0n) is 16.6. The molecule has 9 nitrogen and oxygen atoms in total. The van der Waals surface area contributed by atoms with Gasteiger partial charge in [-0.1, -0.05) is 12.1 Å². The number of nitrogens with zero attached hydrogens (tertiary/aromatic N) is 4. The Bertz CT molecular complexity index is 835. The fraction of sp³-hybridized carbons (Fsp3) is 0.400. The van der Waals surface area contributed by atoms with Crippen molar-refractivity contribution in [2.75, 3.05) is 49.6 Å². The lowest BCUT2D eigenvalue weighted by molar-refractivity contribution is 0.102. The van der Waals surface area contributed by atoms with Gasteiger partial charge in [-0.05, 0) is 26.0 Å². The molecular weight excluding hydrogens is 374 g/mol. The SMILES string of the molecule is CCOC(=O)N1CCN(c2ncc(C(=O)Nc3ccccc3OCC)cn2)CC1. The van der Waals surface area contributed by atoms with E-state index >= 15 is 0 Å². The van der Waals surface area contributed by atoms with Crippen molar-refractivity contribution in [1.82, 2.24) is 14.9 Å². The molecule has 1 fully saturated rings.